The quantitative estimate of drug-likeness (QED) is 0.363. The van der Waals surface area contributed by atoms with Gasteiger partial charge in [-0.25, -0.2) is 0 Å². The Morgan fingerprint density at radius 2 is 1.83 bits per heavy atom. The summed E-state index contributed by atoms with van der Waals surface area (Å²) in [5.74, 6) is -1.12. The summed E-state index contributed by atoms with van der Waals surface area (Å²) in [5, 5.41) is 12.5. The van der Waals surface area contributed by atoms with Crippen LogP contribution in [0.15, 0.2) is 35.7 Å². The molecule has 1 amide bonds. The van der Waals surface area contributed by atoms with Crippen LogP contribution in [-0.2, 0) is 14.9 Å². The van der Waals surface area contributed by atoms with Gasteiger partial charge in [0.1, 0.15) is 0 Å². The summed E-state index contributed by atoms with van der Waals surface area (Å²) in [5.41, 5.74) is -0.0444. The molecule has 0 spiro atoms. The van der Waals surface area contributed by atoms with E-state index in [0.717, 1.165) is 12.1 Å². The van der Waals surface area contributed by atoms with Crippen molar-refractivity contribution in [3.63, 3.8) is 0 Å². The van der Waals surface area contributed by atoms with Crippen molar-refractivity contribution in [2.75, 3.05) is 5.32 Å². The van der Waals surface area contributed by atoms with Gasteiger partial charge in [-0.3, -0.25) is 19.5 Å². The summed E-state index contributed by atoms with van der Waals surface area (Å²) in [7, 11) is -4.66. The first kappa shape index (κ1) is 13.8. The lowest BCUT2D eigenvalue weighted by Gasteiger charge is -2.04. The number of nitrogens with one attached hydrogen (secondary N) is 1. The molecule has 0 aromatic heterocycles. The molecule has 0 aliphatic heterocycles. The normalized spacial score (nSPS) is 10.7. The summed E-state index contributed by atoms with van der Waals surface area (Å²) < 4.78 is 29.8. The lowest BCUT2D eigenvalue weighted by Crippen LogP contribution is -2.19. The Morgan fingerprint density at radius 3 is 2.22 bits per heavy atom. The molecule has 2 N–H and O–H groups in total. The fourth-order valence-electron chi connectivity index (χ4n) is 0.984. The van der Waals surface area contributed by atoms with Gasteiger partial charge in [0.2, 0.25) is 0 Å². The van der Waals surface area contributed by atoms with Crippen molar-refractivity contribution in [1.82, 2.24) is 0 Å². The highest BCUT2D eigenvalue weighted by molar-refractivity contribution is 7.90. The minimum atomic E-state index is -4.66. The Labute approximate surface area is 102 Å². The van der Waals surface area contributed by atoms with Crippen LogP contribution < -0.4 is 5.32 Å². The molecule has 18 heavy (non-hydrogen) atoms. The van der Waals surface area contributed by atoms with Crippen molar-refractivity contribution in [2.45, 2.75) is 0 Å². The highest BCUT2D eigenvalue weighted by Crippen LogP contribution is 2.16. The van der Waals surface area contributed by atoms with Gasteiger partial charge in [0.25, 0.3) is 21.7 Å². The van der Waals surface area contributed by atoms with Crippen LogP contribution in [0.4, 0.5) is 11.4 Å². The Hall–Kier alpha value is -2.26. The predicted octanol–water partition coefficient (Wildman–Crippen LogP) is 0.935. The summed E-state index contributed by atoms with van der Waals surface area (Å²) >= 11 is 0. The molecule has 9 heteroatoms. The van der Waals surface area contributed by atoms with Crippen LogP contribution in [0.2, 0.25) is 0 Å². The molecule has 0 aliphatic carbocycles. The van der Waals surface area contributed by atoms with Gasteiger partial charge >= 0.3 is 0 Å². The standard InChI is InChI=1S/C9H8N2O6S/c1-6(18(15,16)17)9(12)10-7-2-4-8(5-3-7)11(13)14/h2-5H,1H2,(H,10,12)(H,15,16,17). The first-order valence-electron chi connectivity index (χ1n) is 4.44. The maximum Gasteiger partial charge on any atom is 0.299 e. The first-order valence-corrected chi connectivity index (χ1v) is 5.88. The largest absolute Gasteiger partial charge is 0.321 e. The van der Waals surface area contributed by atoms with Gasteiger partial charge < -0.3 is 5.32 Å². The monoisotopic (exact) mass is 272 g/mol. The lowest BCUT2D eigenvalue weighted by molar-refractivity contribution is -0.384. The highest BCUT2D eigenvalue weighted by Gasteiger charge is 2.19. The molecule has 0 atom stereocenters. The Bertz CT molecular complexity index is 604. The lowest BCUT2D eigenvalue weighted by atomic mass is 10.3. The van der Waals surface area contributed by atoms with Crippen molar-refractivity contribution in [3.05, 3.63) is 45.9 Å². The molecule has 0 unspecified atom stereocenters. The van der Waals surface area contributed by atoms with Crippen LogP contribution in [0.1, 0.15) is 0 Å². The molecule has 0 saturated carbocycles. The highest BCUT2D eigenvalue weighted by atomic mass is 32.2. The van der Waals surface area contributed by atoms with E-state index in [0.29, 0.717) is 0 Å². The second kappa shape index (κ2) is 4.94. The van der Waals surface area contributed by atoms with Gasteiger partial charge in [-0.05, 0) is 12.1 Å². The molecule has 0 radical (unpaired) electrons. The van der Waals surface area contributed by atoms with E-state index in [4.69, 9.17) is 4.55 Å². The minimum Gasteiger partial charge on any atom is -0.321 e. The smallest absolute Gasteiger partial charge is 0.299 e. The van der Waals surface area contributed by atoms with E-state index >= 15 is 0 Å². The molecule has 8 nitrogen and oxygen atoms in total. The fourth-order valence-corrected chi connectivity index (χ4v) is 1.27. The molecule has 1 aromatic carbocycles. The average Bonchev–Trinajstić information content (AvgIpc) is 2.27. The zero-order valence-electron chi connectivity index (χ0n) is 8.86. The van der Waals surface area contributed by atoms with Gasteiger partial charge in [0, 0.05) is 17.8 Å². The third kappa shape index (κ3) is 3.37. The van der Waals surface area contributed by atoms with Crippen LogP contribution in [0.3, 0.4) is 0 Å². The number of amides is 1. The van der Waals surface area contributed by atoms with Crippen LogP contribution in [0, 0.1) is 10.1 Å². The number of benzene rings is 1. The van der Waals surface area contributed by atoms with Crippen molar-refractivity contribution >= 4 is 27.4 Å². The van der Waals surface area contributed by atoms with Crippen molar-refractivity contribution < 1.29 is 22.7 Å². The Morgan fingerprint density at radius 1 is 1.33 bits per heavy atom. The molecule has 0 heterocycles. The van der Waals surface area contributed by atoms with Crippen LogP contribution in [0.5, 0.6) is 0 Å². The number of hydrogen-bond donors (Lipinski definition) is 2. The molecule has 1 aromatic rings. The van der Waals surface area contributed by atoms with E-state index in [1.54, 1.807) is 0 Å². The summed E-state index contributed by atoms with van der Waals surface area (Å²) in [6, 6.07) is 4.69. The second-order valence-electron chi connectivity index (χ2n) is 3.16. The van der Waals surface area contributed by atoms with Crippen LogP contribution in [-0.4, -0.2) is 23.8 Å². The van der Waals surface area contributed by atoms with Gasteiger partial charge in [-0.15, -0.1) is 0 Å². The maximum atomic E-state index is 11.3. The molecule has 1 rings (SSSR count). The number of nitro benzene ring substituents is 1. The fraction of sp³-hybridized carbons (Fsp3) is 0. The third-order valence-corrected chi connectivity index (χ3v) is 2.71. The molecule has 0 bridgehead atoms. The number of nitro groups is 1. The number of anilines is 1. The third-order valence-electron chi connectivity index (χ3n) is 1.90. The Balaban J connectivity index is 2.83. The number of hydrogen-bond acceptors (Lipinski definition) is 5. The van der Waals surface area contributed by atoms with E-state index < -0.39 is 25.9 Å². The number of carbonyl (C=O) groups is 1. The van der Waals surface area contributed by atoms with E-state index in [-0.39, 0.29) is 11.4 Å². The summed E-state index contributed by atoms with van der Waals surface area (Å²) in [6.07, 6.45) is 0. The molecule has 96 valence electrons. The number of rotatable bonds is 4. The van der Waals surface area contributed by atoms with E-state index in [9.17, 15) is 23.3 Å². The molecule has 0 aliphatic rings. The predicted molar refractivity (Wildman–Crippen MR) is 62.4 cm³/mol. The maximum absolute atomic E-state index is 11.3. The van der Waals surface area contributed by atoms with E-state index in [2.05, 4.69) is 11.9 Å². The van der Waals surface area contributed by atoms with Gasteiger partial charge in [-0.2, -0.15) is 8.42 Å². The van der Waals surface area contributed by atoms with Crippen molar-refractivity contribution in [1.29, 1.82) is 0 Å². The number of non-ortho nitro benzene ring substituents is 1. The SMILES string of the molecule is C=C(C(=O)Nc1ccc([N+](=O)[O-])cc1)S(=O)(=O)O. The Kier molecular flexibility index (Phi) is 3.79. The van der Waals surface area contributed by atoms with Gasteiger partial charge in [0.05, 0.1) is 4.92 Å². The molecular weight excluding hydrogens is 264 g/mol. The van der Waals surface area contributed by atoms with Crippen LogP contribution in [0.25, 0.3) is 0 Å². The van der Waals surface area contributed by atoms with Gasteiger partial charge in [-0.1, -0.05) is 6.58 Å². The van der Waals surface area contributed by atoms with Crippen molar-refractivity contribution in [3.8, 4) is 0 Å². The molecule has 0 saturated heterocycles. The second-order valence-corrected chi connectivity index (χ2v) is 4.60. The van der Waals surface area contributed by atoms with Gasteiger partial charge in [0.15, 0.2) is 4.91 Å². The summed E-state index contributed by atoms with van der Waals surface area (Å²) in [4.78, 5) is 20.0. The summed E-state index contributed by atoms with van der Waals surface area (Å²) in [6.45, 7) is 2.91. The topological polar surface area (TPSA) is 127 Å². The van der Waals surface area contributed by atoms with Crippen LogP contribution >= 0.6 is 0 Å². The van der Waals surface area contributed by atoms with Crippen molar-refractivity contribution in [2.24, 2.45) is 0 Å². The zero-order chi connectivity index (χ0) is 13.9. The zero-order valence-corrected chi connectivity index (χ0v) is 9.68. The number of carbonyl (C=O) groups excluding carboxylic acids is 1. The molecular formula is C9H8N2O6S. The van der Waals surface area contributed by atoms with E-state index in [1.807, 2.05) is 0 Å². The number of nitrogens with zero attached hydrogens (tertiary/aromatic N) is 1. The van der Waals surface area contributed by atoms with E-state index in [1.165, 1.54) is 12.1 Å². The molecule has 0 fully saturated rings. The average molecular weight is 272 g/mol. The first-order chi connectivity index (χ1) is 8.21. The minimum absolute atomic E-state index is 0.135.